The van der Waals surface area contributed by atoms with Gasteiger partial charge in [-0.1, -0.05) is 30.4 Å². The second kappa shape index (κ2) is 8.73. The van der Waals surface area contributed by atoms with Gasteiger partial charge in [-0.3, -0.25) is 4.79 Å². The van der Waals surface area contributed by atoms with Crippen LogP contribution in [-0.2, 0) is 0 Å². The molecule has 0 bridgehead atoms. The maximum atomic E-state index is 13.5. The second-order valence-electron chi connectivity index (χ2n) is 8.68. The summed E-state index contributed by atoms with van der Waals surface area (Å²) in [5, 5.41) is 0. The minimum atomic E-state index is -0.00631. The van der Waals surface area contributed by atoms with Crippen molar-refractivity contribution in [2.24, 2.45) is 5.92 Å². The number of hydrogen-bond acceptors (Lipinski definition) is 4. The van der Waals surface area contributed by atoms with Gasteiger partial charge in [-0.2, -0.15) is 0 Å². The van der Waals surface area contributed by atoms with Gasteiger partial charge in [0.15, 0.2) is 11.5 Å². The molecule has 2 aromatic carbocycles. The number of allylic oxidation sites excluding steroid dienone is 4. The van der Waals surface area contributed by atoms with Crippen LogP contribution in [0.4, 0.5) is 5.69 Å². The van der Waals surface area contributed by atoms with E-state index < -0.39 is 0 Å². The van der Waals surface area contributed by atoms with Crippen LogP contribution < -0.4 is 14.4 Å². The number of anilines is 1. The van der Waals surface area contributed by atoms with Crippen LogP contribution in [0.5, 0.6) is 11.5 Å². The molecule has 2 unspecified atom stereocenters. The standard InChI is InChI=1S/C27H30N2O3/c1-31-25-14-13-20(18-26(25)32-2)27(30)29-17-15-24(21-10-4-6-12-23(21)29)28-16-7-9-19-8-3-5-11-22(19)28/h3-6,10-14,18-19,24H,7-9,15-17H2,1-2H3. The zero-order chi connectivity index (χ0) is 22.1. The molecule has 1 saturated heterocycles. The number of carbonyl (C=O) groups is 1. The average Bonchev–Trinajstić information content (AvgIpc) is 2.87. The molecule has 5 heteroatoms. The number of rotatable bonds is 4. The summed E-state index contributed by atoms with van der Waals surface area (Å²) in [6.45, 7) is 1.78. The normalized spacial score (nSPS) is 22.0. The van der Waals surface area contributed by atoms with Gasteiger partial charge in [0.1, 0.15) is 0 Å². The van der Waals surface area contributed by atoms with Crippen molar-refractivity contribution in [2.45, 2.75) is 31.7 Å². The van der Waals surface area contributed by atoms with Gasteiger partial charge in [-0.25, -0.2) is 0 Å². The highest BCUT2D eigenvalue weighted by atomic mass is 16.5. The lowest BCUT2D eigenvalue weighted by atomic mass is 9.84. The fourth-order valence-electron chi connectivity index (χ4n) is 5.44. The van der Waals surface area contributed by atoms with Gasteiger partial charge in [0.05, 0.1) is 20.3 Å². The molecule has 5 rings (SSSR count). The largest absolute Gasteiger partial charge is 0.493 e. The molecule has 166 valence electrons. The summed E-state index contributed by atoms with van der Waals surface area (Å²) in [7, 11) is 3.19. The van der Waals surface area contributed by atoms with Crippen LogP contribution in [0.3, 0.4) is 0 Å². The third-order valence-corrected chi connectivity index (χ3v) is 6.99. The van der Waals surface area contributed by atoms with Gasteiger partial charge in [0, 0.05) is 36.0 Å². The molecule has 0 saturated carbocycles. The van der Waals surface area contributed by atoms with Crippen LogP contribution in [0.1, 0.15) is 47.6 Å². The quantitative estimate of drug-likeness (QED) is 0.656. The Morgan fingerprint density at radius 1 is 1.00 bits per heavy atom. The lowest BCUT2D eigenvalue weighted by Gasteiger charge is -2.46. The highest BCUT2D eigenvalue weighted by Crippen LogP contribution is 2.44. The van der Waals surface area contributed by atoms with Crippen molar-refractivity contribution < 1.29 is 14.3 Å². The number of nitrogens with zero attached hydrogens (tertiary/aromatic N) is 2. The molecule has 0 radical (unpaired) electrons. The molecular formula is C27H30N2O3. The monoisotopic (exact) mass is 430 g/mol. The van der Waals surface area contributed by atoms with E-state index >= 15 is 0 Å². The first kappa shape index (κ1) is 20.7. The van der Waals surface area contributed by atoms with Gasteiger partial charge in [0.25, 0.3) is 5.91 Å². The molecule has 2 atom stereocenters. The van der Waals surface area contributed by atoms with Gasteiger partial charge in [-0.05, 0) is 61.6 Å². The van der Waals surface area contributed by atoms with Crippen molar-refractivity contribution >= 4 is 11.6 Å². The van der Waals surface area contributed by atoms with E-state index in [-0.39, 0.29) is 5.91 Å². The first-order chi connectivity index (χ1) is 15.7. The van der Waals surface area contributed by atoms with Crippen molar-refractivity contribution in [1.82, 2.24) is 4.90 Å². The molecule has 1 amide bonds. The average molecular weight is 431 g/mol. The van der Waals surface area contributed by atoms with Gasteiger partial charge in [-0.15, -0.1) is 0 Å². The summed E-state index contributed by atoms with van der Waals surface area (Å²) < 4.78 is 10.7. The number of hydrogen-bond donors (Lipinski definition) is 0. The van der Waals surface area contributed by atoms with E-state index in [2.05, 4.69) is 41.3 Å². The maximum Gasteiger partial charge on any atom is 0.258 e. The fourth-order valence-corrected chi connectivity index (χ4v) is 5.44. The lowest BCUT2D eigenvalue weighted by molar-refractivity contribution is 0.0975. The fraction of sp³-hybridized carbons (Fsp3) is 0.370. The van der Waals surface area contributed by atoms with Crippen molar-refractivity contribution in [3.05, 3.63) is 77.5 Å². The second-order valence-corrected chi connectivity index (χ2v) is 8.68. The number of benzene rings is 2. The molecule has 0 spiro atoms. The summed E-state index contributed by atoms with van der Waals surface area (Å²) in [5.41, 5.74) is 4.33. The number of carbonyl (C=O) groups excluding carboxylic acids is 1. The number of methoxy groups -OCH3 is 2. The summed E-state index contributed by atoms with van der Waals surface area (Å²) in [4.78, 5) is 18.1. The molecule has 1 fully saturated rings. The molecule has 2 heterocycles. The van der Waals surface area contributed by atoms with Gasteiger partial charge in [0.2, 0.25) is 0 Å². The first-order valence-corrected chi connectivity index (χ1v) is 11.5. The third-order valence-electron chi connectivity index (χ3n) is 6.99. The molecular weight excluding hydrogens is 400 g/mol. The van der Waals surface area contributed by atoms with Gasteiger partial charge < -0.3 is 19.3 Å². The number of piperidine rings is 1. The Hall–Kier alpha value is -3.21. The number of ether oxygens (including phenoxy) is 2. The van der Waals surface area contributed by atoms with Crippen molar-refractivity contribution in [3.63, 3.8) is 0 Å². The lowest BCUT2D eigenvalue weighted by Crippen LogP contribution is -2.43. The molecule has 1 aliphatic carbocycles. The predicted octanol–water partition coefficient (Wildman–Crippen LogP) is 5.35. The maximum absolute atomic E-state index is 13.5. The molecule has 3 aliphatic rings. The van der Waals surface area contributed by atoms with Crippen LogP contribution in [0.15, 0.2) is 66.4 Å². The summed E-state index contributed by atoms with van der Waals surface area (Å²) >= 11 is 0. The van der Waals surface area contributed by atoms with Crippen LogP contribution in [-0.4, -0.2) is 38.1 Å². The highest BCUT2D eigenvalue weighted by Gasteiger charge is 2.36. The van der Waals surface area contributed by atoms with E-state index in [0.29, 0.717) is 35.6 Å². The number of amides is 1. The Kier molecular flexibility index (Phi) is 5.64. The van der Waals surface area contributed by atoms with Crippen LogP contribution >= 0.6 is 0 Å². The minimum Gasteiger partial charge on any atom is -0.493 e. The first-order valence-electron chi connectivity index (χ1n) is 11.5. The molecule has 5 nitrogen and oxygen atoms in total. The minimum absolute atomic E-state index is 0.00631. The number of para-hydroxylation sites is 1. The van der Waals surface area contributed by atoms with Crippen LogP contribution in [0, 0.1) is 5.92 Å². The van der Waals surface area contributed by atoms with E-state index in [1.165, 1.54) is 24.1 Å². The highest BCUT2D eigenvalue weighted by molar-refractivity contribution is 6.07. The number of likely N-dealkylation sites (tertiary alicyclic amines) is 1. The van der Waals surface area contributed by atoms with Crippen LogP contribution in [0.2, 0.25) is 0 Å². The molecule has 0 N–H and O–H groups in total. The van der Waals surface area contributed by atoms with E-state index in [1.54, 1.807) is 26.4 Å². The van der Waals surface area contributed by atoms with E-state index in [4.69, 9.17) is 9.47 Å². The topological polar surface area (TPSA) is 42.0 Å². The van der Waals surface area contributed by atoms with Crippen molar-refractivity contribution in [3.8, 4) is 11.5 Å². The third kappa shape index (κ3) is 3.56. The molecule has 0 aromatic heterocycles. The van der Waals surface area contributed by atoms with E-state index in [9.17, 15) is 4.79 Å². The number of fused-ring (bicyclic) bond motifs is 2. The Balaban J connectivity index is 1.47. The zero-order valence-corrected chi connectivity index (χ0v) is 18.8. The summed E-state index contributed by atoms with van der Waals surface area (Å²) in [6.07, 6.45) is 11.3. The van der Waals surface area contributed by atoms with E-state index in [0.717, 1.165) is 25.1 Å². The Bertz CT molecular complexity index is 1070. The molecule has 2 aliphatic heterocycles. The van der Waals surface area contributed by atoms with Gasteiger partial charge >= 0.3 is 0 Å². The Morgan fingerprint density at radius 3 is 2.69 bits per heavy atom. The molecule has 2 aromatic rings. The van der Waals surface area contributed by atoms with Crippen LogP contribution in [0.25, 0.3) is 0 Å². The summed E-state index contributed by atoms with van der Waals surface area (Å²) in [6, 6.07) is 14.1. The summed E-state index contributed by atoms with van der Waals surface area (Å²) in [5.74, 6) is 1.82. The Morgan fingerprint density at radius 2 is 1.84 bits per heavy atom. The van der Waals surface area contributed by atoms with E-state index in [1.807, 2.05) is 17.0 Å². The zero-order valence-electron chi connectivity index (χ0n) is 18.8. The van der Waals surface area contributed by atoms with Crippen molar-refractivity contribution in [2.75, 3.05) is 32.2 Å². The smallest absolute Gasteiger partial charge is 0.258 e. The van der Waals surface area contributed by atoms with Crippen molar-refractivity contribution in [1.29, 1.82) is 0 Å². The SMILES string of the molecule is COc1ccc(C(=O)N2CCC(N3CCCC4CC=CC=C43)c3ccccc32)cc1OC. The Labute approximate surface area is 189 Å². The molecule has 32 heavy (non-hydrogen) atoms. The predicted molar refractivity (Wildman–Crippen MR) is 126 cm³/mol.